The second-order valence-electron chi connectivity index (χ2n) is 10.5. The number of unbranched alkanes of at least 4 members (excludes halogenated alkanes) is 4. The largest absolute Gasteiger partial charge is 0.429 e. The molecule has 0 aliphatic rings. The quantitative estimate of drug-likeness (QED) is 0.0584. The molecule has 0 atom stereocenters. The van der Waals surface area contributed by atoms with Gasteiger partial charge in [0.2, 0.25) is 0 Å². The fourth-order valence-electron chi connectivity index (χ4n) is 4.54. The smallest absolute Gasteiger partial charge is 0.426 e. The Labute approximate surface area is 260 Å². The molecule has 0 fully saturated rings. The van der Waals surface area contributed by atoms with Crippen LogP contribution in [-0.4, -0.2) is 0 Å². The topological polar surface area (TPSA) is 18.5 Å². The Kier molecular flexibility index (Phi) is 11.1. The van der Waals surface area contributed by atoms with E-state index < -0.39 is 58.2 Å². The summed E-state index contributed by atoms with van der Waals surface area (Å²) in [6.45, 7) is 2.12. The van der Waals surface area contributed by atoms with E-state index in [2.05, 4.69) is 11.7 Å². The fraction of sp³-hybridized carbons (Fsp3) is 0.257. The van der Waals surface area contributed by atoms with Crippen LogP contribution in [0.15, 0.2) is 84.9 Å². The molecule has 0 aliphatic heterocycles. The average Bonchev–Trinajstić information content (AvgIpc) is 3.03. The lowest BCUT2D eigenvalue weighted by Crippen LogP contribution is -2.22. The number of benzene rings is 4. The molecule has 0 spiro atoms. The minimum atomic E-state index is -4.18. The second kappa shape index (κ2) is 14.8. The first-order chi connectivity index (χ1) is 21.8. The third-order valence-electron chi connectivity index (χ3n) is 7.08. The molecule has 0 saturated heterocycles. The van der Waals surface area contributed by atoms with Crippen LogP contribution >= 0.6 is 0 Å². The lowest BCUT2D eigenvalue weighted by Gasteiger charge is -2.19. The van der Waals surface area contributed by atoms with Crippen LogP contribution in [0.3, 0.4) is 0 Å². The summed E-state index contributed by atoms with van der Waals surface area (Å²) in [5.41, 5.74) is -1.12. The molecular formula is C35H29F9O2. The standard InChI is InChI=1S/C35H29F9O2/c1-2-3-4-5-6-7-22-8-14-25(15-9-22)34(41,42)45-27-18-12-24(13-19-27)32(39)31(38)23-10-16-26(17-11-23)35(43,44)46-28-20-29(36)33(40)30(37)21-28/h8-21H,2-7H2,1H3/b32-31+. The zero-order valence-electron chi connectivity index (χ0n) is 24.5. The molecule has 4 rings (SSSR count). The summed E-state index contributed by atoms with van der Waals surface area (Å²) in [5, 5.41) is 0. The van der Waals surface area contributed by atoms with Gasteiger partial charge < -0.3 is 9.47 Å². The summed E-state index contributed by atoms with van der Waals surface area (Å²) in [7, 11) is 0. The molecule has 0 saturated carbocycles. The molecule has 2 nitrogen and oxygen atoms in total. The van der Waals surface area contributed by atoms with Crippen LogP contribution in [0.4, 0.5) is 39.5 Å². The third-order valence-corrected chi connectivity index (χ3v) is 7.08. The Bertz CT molecular complexity index is 1610. The van der Waals surface area contributed by atoms with Gasteiger partial charge in [0.15, 0.2) is 29.1 Å². The molecule has 0 N–H and O–H groups in total. The summed E-state index contributed by atoms with van der Waals surface area (Å²) in [6, 6.07) is 13.3. The van der Waals surface area contributed by atoms with Crippen molar-refractivity contribution in [3.8, 4) is 11.5 Å². The van der Waals surface area contributed by atoms with Crippen molar-refractivity contribution in [2.75, 3.05) is 0 Å². The normalized spacial score (nSPS) is 12.6. The van der Waals surface area contributed by atoms with E-state index in [1.807, 2.05) is 0 Å². The first-order valence-corrected chi connectivity index (χ1v) is 14.4. The Morgan fingerprint density at radius 2 is 1.00 bits per heavy atom. The second-order valence-corrected chi connectivity index (χ2v) is 10.5. The van der Waals surface area contributed by atoms with Gasteiger partial charge in [0.1, 0.15) is 11.5 Å². The van der Waals surface area contributed by atoms with Crippen LogP contribution in [-0.2, 0) is 18.6 Å². The highest BCUT2D eigenvalue weighted by Gasteiger charge is 2.36. The average molecular weight is 653 g/mol. The number of alkyl halides is 4. The SMILES string of the molecule is CCCCCCCc1ccc(C(F)(F)Oc2ccc(/C(F)=C(\F)c3ccc(C(F)(F)Oc4cc(F)c(F)c(F)c4)cc3)cc2)cc1. The minimum Gasteiger partial charge on any atom is -0.429 e. The van der Waals surface area contributed by atoms with Crippen molar-refractivity contribution in [1.29, 1.82) is 0 Å². The van der Waals surface area contributed by atoms with Gasteiger partial charge in [-0.3, -0.25) is 0 Å². The summed E-state index contributed by atoms with van der Waals surface area (Å²) >= 11 is 0. The van der Waals surface area contributed by atoms with Crippen LogP contribution in [0.2, 0.25) is 0 Å². The fourth-order valence-corrected chi connectivity index (χ4v) is 4.54. The molecule has 0 aliphatic carbocycles. The van der Waals surface area contributed by atoms with Gasteiger partial charge >= 0.3 is 12.2 Å². The minimum absolute atomic E-state index is 0.226. The first-order valence-electron chi connectivity index (χ1n) is 14.4. The van der Waals surface area contributed by atoms with E-state index in [1.165, 1.54) is 12.1 Å². The van der Waals surface area contributed by atoms with Crippen molar-refractivity contribution >= 4 is 11.7 Å². The number of hydrogen-bond donors (Lipinski definition) is 0. The van der Waals surface area contributed by atoms with Crippen molar-refractivity contribution in [3.63, 3.8) is 0 Å². The Morgan fingerprint density at radius 1 is 0.565 bits per heavy atom. The predicted molar refractivity (Wildman–Crippen MR) is 156 cm³/mol. The Hall–Kier alpha value is -4.41. The van der Waals surface area contributed by atoms with Crippen LogP contribution in [0, 0.1) is 17.5 Å². The highest BCUT2D eigenvalue weighted by molar-refractivity contribution is 5.83. The molecule has 0 unspecified atom stereocenters. The van der Waals surface area contributed by atoms with Crippen molar-refractivity contribution in [3.05, 3.63) is 130 Å². The zero-order chi connectivity index (χ0) is 33.5. The van der Waals surface area contributed by atoms with Gasteiger partial charge in [-0.25, -0.2) is 22.0 Å². The lowest BCUT2D eigenvalue weighted by atomic mass is 10.0. The molecule has 46 heavy (non-hydrogen) atoms. The van der Waals surface area contributed by atoms with Crippen molar-refractivity contribution in [2.45, 2.75) is 57.7 Å². The highest BCUT2D eigenvalue weighted by atomic mass is 19.3. The van der Waals surface area contributed by atoms with E-state index in [4.69, 9.17) is 4.74 Å². The van der Waals surface area contributed by atoms with E-state index >= 15 is 0 Å². The number of ether oxygens (including phenoxy) is 2. The van der Waals surface area contributed by atoms with Crippen molar-refractivity contribution in [2.24, 2.45) is 0 Å². The molecule has 0 heterocycles. The lowest BCUT2D eigenvalue weighted by molar-refractivity contribution is -0.186. The Morgan fingerprint density at radius 3 is 1.50 bits per heavy atom. The van der Waals surface area contributed by atoms with Gasteiger partial charge in [-0.05, 0) is 66.9 Å². The number of halogens is 9. The highest BCUT2D eigenvalue weighted by Crippen LogP contribution is 2.36. The summed E-state index contributed by atoms with van der Waals surface area (Å²) in [4.78, 5) is 0. The van der Waals surface area contributed by atoms with Gasteiger partial charge in [-0.1, -0.05) is 56.9 Å². The van der Waals surface area contributed by atoms with Crippen LogP contribution < -0.4 is 9.47 Å². The molecular weight excluding hydrogens is 623 g/mol. The monoisotopic (exact) mass is 652 g/mol. The molecule has 244 valence electrons. The van der Waals surface area contributed by atoms with E-state index in [9.17, 15) is 39.5 Å². The summed E-state index contributed by atoms with van der Waals surface area (Å²) in [6.07, 6.45) is -1.64. The van der Waals surface area contributed by atoms with Crippen LogP contribution in [0.1, 0.15) is 66.8 Å². The maximum Gasteiger partial charge on any atom is 0.426 e. The molecule has 4 aromatic rings. The number of hydrogen-bond acceptors (Lipinski definition) is 2. The van der Waals surface area contributed by atoms with Crippen molar-refractivity contribution in [1.82, 2.24) is 0 Å². The predicted octanol–water partition coefficient (Wildman–Crippen LogP) is 11.6. The summed E-state index contributed by atoms with van der Waals surface area (Å²) in [5.74, 6) is -9.52. The van der Waals surface area contributed by atoms with Crippen molar-refractivity contribution < 1.29 is 49.0 Å². The maximum atomic E-state index is 14.9. The summed E-state index contributed by atoms with van der Waals surface area (Å²) < 4.78 is 137. The molecule has 11 heteroatoms. The number of aryl methyl sites for hydroxylation is 1. The molecule has 0 aromatic heterocycles. The van der Waals surface area contributed by atoms with Crippen LogP contribution in [0.25, 0.3) is 11.7 Å². The molecule has 4 aromatic carbocycles. The molecule has 0 bridgehead atoms. The van der Waals surface area contributed by atoms with E-state index in [0.717, 1.165) is 80.5 Å². The number of rotatable bonds is 14. The van der Waals surface area contributed by atoms with Gasteiger partial charge in [0.05, 0.1) is 11.1 Å². The van der Waals surface area contributed by atoms with Gasteiger partial charge in [-0.15, -0.1) is 0 Å². The molecule has 0 amide bonds. The maximum absolute atomic E-state index is 14.9. The Balaban J connectivity index is 1.40. The van der Waals surface area contributed by atoms with Gasteiger partial charge in [0, 0.05) is 23.3 Å². The van der Waals surface area contributed by atoms with E-state index in [1.54, 1.807) is 12.1 Å². The molecule has 0 radical (unpaired) electrons. The van der Waals surface area contributed by atoms with Gasteiger partial charge in [0.25, 0.3) is 0 Å². The van der Waals surface area contributed by atoms with Crippen LogP contribution in [0.5, 0.6) is 11.5 Å². The first kappa shape index (κ1) is 34.5. The zero-order valence-corrected chi connectivity index (χ0v) is 24.5. The van der Waals surface area contributed by atoms with E-state index in [0.29, 0.717) is 12.1 Å². The van der Waals surface area contributed by atoms with E-state index in [-0.39, 0.29) is 29.0 Å². The third kappa shape index (κ3) is 8.64. The van der Waals surface area contributed by atoms with Gasteiger partial charge in [-0.2, -0.15) is 17.6 Å².